The number of hydrogen-bond donors (Lipinski definition) is 2. The largest absolute Gasteiger partial charge is 0.362 e. The second-order valence-electron chi connectivity index (χ2n) is 6.56. The van der Waals surface area contributed by atoms with Crippen molar-refractivity contribution in [2.75, 3.05) is 11.9 Å². The minimum atomic E-state index is 0.568. The van der Waals surface area contributed by atoms with Crippen LogP contribution < -0.4 is 10.6 Å². The van der Waals surface area contributed by atoms with Crippen molar-refractivity contribution in [1.82, 2.24) is 15.1 Å². The van der Waals surface area contributed by atoms with Crippen molar-refractivity contribution in [3.63, 3.8) is 0 Å². The lowest BCUT2D eigenvalue weighted by atomic mass is 10.1. The molecule has 7 heteroatoms. The molecule has 146 valence electrons. The second-order valence-corrected chi connectivity index (χ2v) is 7.81. The van der Waals surface area contributed by atoms with Crippen LogP contribution in [-0.2, 0) is 13.0 Å². The van der Waals surface area contributed by atoms with Crippen molar-refractivity contribution in [1.29, 1.82) is 0 Å². The van der Waals surface area contributed by atoms with Gasteiger partial charge < -0.3 is 10.6 Å². The van der Waals surface area contributed by atoms with Crippen LogP contribution in [0.15, 0.2) is 48.5 Å². The molecule has 0 spiro atoms. The summed E-state index contributed by atoms with van der Waals surface area (Å²) in [5, 5.41) is 13.0. The van der Waals surface area contributed by atoms with Gasteiger partial charge in [0.15, 0.2) is 5.11 Å². The van der Waals surface area contributed by atoms with Crippen molar-refractivity contribution in [2.24, 2.45) is 0 Å². The number of thiocarbonyl (C=S) groups is 1. The molecular weight excluding hydrogens is 411 g/mol. The van der Waals surface area contributed by atoms with Gasteiger partial charge in [-0.1, -0.05) is 59.6 Å². The molecule has 0 aliphatic heterocycles. The molecule has 0 atom stereocenters. The first kappa shape index (κ1) is 20.6. The van der Waals surface area contributed by atoms with E-state index in [0.717, 1.165) is 35.6 Å². The summed E-state index contributed by atoms with van der Waals surface area (Å²) < 4.78 is 1.92. The molecule has 0 radical (unpaired) electrons. The van der Waals surface area contributed by atoms with E-state index in [1.54, 1.807) is 6.07 Å². The summed E-state index contributed by atoms with van der Waals surface area (Å²) in [6.07, 6.45) is 0.912. The van der Waals surface area contributed by atoms with Crippen LogP contribution in [-0.4, -0.2) is 21.4 Å². The molecule has 2 N–H and O–H groups in total. The molecule has 2 aromatic carbocycles. The van der Waals surface area contributed by atoms with E-state index >= 15 is 0 Å². The molecule has 4 nitrogen and oxygen atoms in total. The van der Waals surface area contributed by atoms with Gasteiger partial charge in [-0.05, 0) is 55.7 Å². The number of hydrogen-bond acceptors (Lipinski definition) is 2. The van der Waals surface area contributed by atoms with E-state index in [9.17, 15) is 0 Å². The first-order chi connectivity index (χ1) is 13.4. The third-order valence-corrected chi connectivity index (χ3v) is 5.33. The van der Waals surface area contributed by atoms with Gasteiger partial charge in [0.2, 0.25) is 0 Å². The number of halogens is 2. The SMILES string of the molecule is Cc1nn(Cc2ccc(Cl)cc2Cl)c(C)c1NC(=S)NCCc1ccccc1. The molecule has 0 fully saturated rings. The molecule has 3 rings (SSSR count). The molecule has 3 aromatic rings. The Labute approximate surface area is 180 Å². The Hall–Kier alpha value is -2.08. The second kappa shape index (κ2) is 9.41. The summed E-state index contributed by atoms with van der Waals surface area (Å²) in [4.78, 5) is 0. The Morgan fingerprint density at radius 1 is 1.11 bits per heavy atom. The van der Waals surface area contributed by atoms with E-state index < -0.39 is 0 Å². The molecule has 1 heterocycles. The molecular formula is C21H22Cl2N4S. The molecule has 28 heavy (non-hydrogen) atoms. The minimum absolute atomic E-state index is 0.568. The summed E-state index contributed by atoms with van der Waals surface area (Å²) in [5.41, 5.74) is 5.04. The third-order valence-electron chi connectivity index (χ3n) is 4.50. The smallest absolute Gasteiger partial charge is 0.170 e. The quantitative estimate of drug-likeness (QED) is 0.512. The van der Waals surface area contributed by atoms with Crippen molar-refractivity contribution in [3.05, 3.63) is 81.1 Å². The molecule has 0 saturated carbocycles. The van der Waals surface area contributed by atoms with Crippen LogP contribution in [0.1, 0.15) is 22.5 Å². The van der Waals surface area contributed by atoms with Crippen molar-refractivity contribution in [3.8, 4) is 0 Å². The Morgan fingerprint density at radius 2 is 1.86 bits per heavy atom. The number of nitrogens with zero attached hydrogens (tertiary/aromatic N) is 2. The van der Waals surface area contributed by atoms with Crippen molar-refractivity contribution in [2.45, 2.75) is 26.8 Å². The summed E-state index contributed by atoms with van der Waals surface area (Å²) in [5.74, 6) is 0. The molecule has 0 aliphatic carbocycles. The average Bonchev–Trinajstić information content (AvgIpc) is 2.92. The Kier molecular flexibility index (Phi) is 6.94. The maximum absolute atomic E-state index is 6.30. The van der Waals surface area contributed by atoms with Gasteiger partial charge in [0, 0.05) is 16.6 Å². The fraction of sp³-hybridized carbons (Fsp3) is 0.238. The highest BCUT2D eigenvalue weighted by molar-refractivity contribution is 7.80. The van der Waals surface area contributed by atoms with E-state index in [1.165, 1.54) is 5.56 Å². The lowest BCUT2D eigenvalue weighted by Gasteiger charge is -2.11. The van der Waals surface area contributed by atoms with Crippen molar-refractivity contribution < 1.29 is 0 Å². The van der Waals surface area contributed by atoms with Gasteiger partial charge in [-0.15, -0.1) is 0 Å². The van der Waals surface area contributed by atoms with Crippen LogP contribution in [0, 0.1) is 13.8 Å². The fourth-order valence-electron chi connectivity index (χ4n) is 2.97. The zero-order valence-corrected chi connectivity index (χ0v) is 18.1. The highest BCUT2D eigenvalue weighted by Gasteiger charge is 2.14. The Bertz CT molecular complexity index is 970. The standard InChI is InChI=1S/C21H22Cl2N4S/c1-14-20(25-21(28)24-11-10-16-6-4-3-5-7-16)15(2)27(26-14)13-17-8-9-18(22)12-19(17)23/h3-9,12H,10-11,13H2,1-2H3,(H2,24,25,28). The molecule has 0 aliphatic rings. The maximum Gasteiger partial charge on any atom is 0.170 e. The maximum atomic E-state index is 6.30. The highest BCUT2D eigenvalue weighted by atomic mass is 35.5. The number of benzene rings is 2. The van der Waals surface area contributed by atoms with Gasteiger partial charge in [-0.2, -0.15) is 5.10 Å². The van der Waals surface area contributed by atoms with Crippen LogP contribution in [0.25, 0.3) is 0 Å². The Balaban J connectivity index is 1.62. The number of anilines is 1. The fourth-order valence-corrected chi connectivity index (χ4v) is 3.64. The van der Waals surface area contributed by atoms with Gasteiger partial charge in [-0.25, -0.2) is 0 Å². The van der Waals surface area contributed by atoms with Crippen LogP contribution in [0.5, 0.6) is 0 Å². The van der Waals surface area contributed by atoms with Gasteiger partial charge in [0.05, 0.1) is 23.6 Å². The Morgan fingerprint density at radius 3 is 2.57 bits per heavy atom. The molecule has 0 bridgehead atoms. The first-order valence-electron chi connectivity index (χ1n) is 9.00. The van der Waals surface area contributed by atoms with E-state index in [4.69, 9.17) is 35.4 Å². The minimum Gasteiger partial charge on any atom is -0.362 e. The summed E-state index contributed by atoms with van der Waals surface area (Å²) in [6.45, 7) is 5.31. The van der Waals surface area contributed by atoms with E-state index in [0.29, 0.717) is 21.7 Å². The van der Waals surface area contributed by atoms with E-state index in [2.05, 4.69) is 27.9 Å². The molecule has 0 unspecified atom stereocenters. The summed E-state index contributed by atoms with van der Waals surface area (Å²) in [6, 6.07) is 15.8. The third kappa shape index (κ3) is 5.25. The predicted molar refractivity (Wildman–Crippen MR) is 122 cm³/mol. The van der Waals surface area contributed by atoms with Crippen molar-refractivity contribution >= 4 is 46.2 Å². The number of rotatable bonds is 6. The van der Waals surface area contributed by atoms with Crippen LogP contribution in [0.4, 0.5) is 5.69 Å². The number of aromatic nitrogens is 2. The lowest BCUT2D eigenvalue weighted by Crippen LogP contribution is -2.30. The normalized spacial score (nSPS) is 10.7. The van der Waals surface area contributed by atoms with Crippen LogP contribution in [0.3, 0.4) is 0 Å². The monoisotopic (exact) mass is 432 g/mol. The summed E-state index contributed by atoms with van der Waals surface area (Å²) >= 11 is 17.7. The molecule has 0 amide bonds. The van der Waals surface area contributed by atoms with Gasteiger partial charge in [-0.3, -0.25) is 4.68 Å². The molecule has 1 aromatic heterocycles. The average molecular weight is 433 g/mol. The lowest BCUT2D eigenvalue weighted by molar-refractivity contribution is 0.659. The first-order valence-corrected chi connectivity index (χ1v) is 10.2. The number of aryl methyl sites for hydroxylation is 1. The zero-order chi connectivity index (χ0) is 20.1. The van der Waals surface area contributed by atoms with Crippen LogP contribution >= 0.6 is 35.4 Å². The predicted octanol–water partition coefficient (Wildman–Crippen LogP) is 5.38. The molecule has 0 saturated heterocycles. The van der Waals surface area contributed by atoms with Gasteiger partial charge in [0.1, 0.15) is 0 Å². The van der Waals surface area contributed by atoms with Gasteiger partial charge >= 0.3 is 0 Å². The van der Waals surface area contributed by atoms with E-state index in [-0.39, 0.29) is 0 Å². The van der Waals surface area contributed by atoms with Gasteiger partial charge in [0.25, 0.3) is 0 Å². The summed E-state index contributed by atoms with van der Waals surface area (Å²) in [7, 11) is 0. The number of nitrogens with one attached hydrogen (secondary N) is 2. The topological polar surface area (TPSA) is 41.9 Å². The zero-order valence-electron chi connectivity index (χ0n) is 15.8. The highest BCUT2D eigenvalue weighted by Crippen LogP contribution is 2.25. The van der Waals surface area contributed by atoms with Crippen LogP contribution in [0.2, 0.25) is 10.0 Å². The van der Waals surface area contributed by atoms with E-state index in [1.807, 2.05) is 48.9 Å².